The first-order chi connectivity index (χ1) is 8.44. The largest absolute Gasteiger partial charge is 0.381 e. The molecule has 106 valence electrons. The van der Waals surface area contributed by atoms with Crippen LogP contribution in [0.25, 0.3) is 0 Å². The van der Waals surface area contributed by atoms with Crippen molar-refractivity contribution in [3.05, 3.63) is 0 Å². The van der Waals surface area contributed by atoms with Crippen molar-refractivity contribution in [1.82, 2.24) is 4.90 Å². The van der Waals surface area contributed by atoms with Crippen LogP contribution in [-0.2, 0) is 9.53 Å². The molecule has 4 heteroatoms. The first kappa shape index (κ1) is 15.4. The molecule has 18 heavy (non-hydrogen) atoms. The number of nitrogens with zero attached hydrogens (tertiary/aromatic N) is 1. The van der Waals surface area contributed by atoms with E-state index >= 15 is 0 Å². The molecule has 0 unspecified atom stereocenters. The predicted molar refractivity (Wildman–Crippen MR) is 73.2 cm³/mol. The van der Waals surface area contributed by atoms with Gasteiger partial charge in [-0.2, -0.15) is 0 Å². The lowest BCUT2D eigenvalue weighted by molar-refractivity contribution is -0.132. The second-order valence-electron chi connectivity index (χ2n) is 6.20. The molecule has 0 saturated carbocycles. The lowest BCUT2D eigenvalue weighted by Crippen LogP contribution is -2.35. The summed E-state index contributed by atoms with van der Waals surface area (Å²) >= 11 is 0. The Labute approximate surface area is 111 Å². The molecular formula is C14H28N2O2. The van der Waals surface area contributed by atoms with Gasteiger partial charge in [0.1, 0.15) is 0 Å². The summed E-state index contributed by atoms with van der Waals surface area (Å²) in [7, 11) is 1.90. The lowest BCUT2D eigenvalue weighted by Gasteiger charge is -2.28. The Morgan fingerprint density at radius 1 is 1.39 bits per heavy atom. The predicted octanol–water partition coefficient (Wildman–Crippen LogP) is 1.64. The molecule has 0 aromatic rings. The number of ether oxygens (including phenoxy) is 1. The minimum atomic E-state index is -0.0932. The summed E-state index contributed by atoms with van der Waals surface area (Å²) in [5.74, 6) is 0.925. The maximum atomic E-state index is 12.0. The maximum absolute atomic E-state index is 12.0. The molecule has 0 aliphatic carbocycles. The molecule has 1 rings (SSSR count). The third kappa shape index (κ3) is 5.36. The van der Waals surface area contributed by atoms with Crippen LogP contribution in [0, 0.1) is 11.3 Å². The summed E-state index contributed by atoms with van der Waals surface area (Å²) in [6, 6.07) is 0. The summed E-state index contributed by atoms with van der Waals surface area (Å²) in [5, 5.41) is 0. The fourth-order valence-electron chi connectivity index (χ4n) is 2.15. The average molecular weight is 256 g/mol. The number of amides is 1. The molecule has 0 spiro atoms. The van der Waals surface area contributed by atoms with Crippen LogP contribution in [0.5, 0.6) is 0 Å². The van der Waals surface area contributed by atoms with E-state index in [1.165, 1.54) is 0 Å². The SMILES string of the molecule is CN(CCC1CCOCC1)C(=O)CC(C)(C)CN. The van der Waals surface area contributed by atoms with Crippen LogP contribution in [0.2, 0.25) is 0 Å². The van der Waals surface area contributed by atoms with Gasteiger partial charge in [-0.15, -0.1) is 0 Å². The Morgan fingerprint density at radius 2 is 2.00 bits per heavy atom. The summed E-state index contributed by atoms with van der Waals surface area (Å²) in [4.78, 5) is 13.9. The fourth-order valence-corrected chi connectivity index (χ4v) is 2.15. The first-order valence-electron chi connectivity index (χ1n) is 6.96. The minimum Gasteiger partial charge on any atom is -0.381 e. The molecule has 0 atom stereocenters. The van der Waals surface area contributed by atoms with Crippen molar-refractivity contribution in [3.8, 4) is 0 Å². The van der Waals surface area contributed by atoms with Crippen LogP contribution < -0.4 is 5.73 Å². The Morgan fingerprint density at radius 3 is 2.56 bits per heavy atom. The first-order valence-corrected chi connectivity index (χ1v) is 6.96. The van der Waals surface area contributed by atoms with E-state index in [1.54, 1.807) is 0 Å². The van der Waals surface area contributed by atoms with Gasteiger partial charge < -0.3 is 15.4 Å². The Kier molecular flexibility index (Phi) is 6.09. The van der Waals surface area contributed by atoms with E-state index in [0.717, 1.165) is 44.9 Å². The minimum absolute atomic E-state index is 0.0932. The van der Waals surface area contributed by atoms with E-state index in [-0.39, 0.29) is 11.3 Å². The molecule has 2 N–H and O–H groups in total. The summed E-state index contributed by atoms with van der Waals surface area (Å²) in [5.41, 5.74) is 5.57. The molecule has 1 saturated heterocycles. The highest BCUT2D eigenvalue weighted by atomic mass is 16.5. The van der Waals surface area contributed by atoms with E-state index in [1.807, 2.05) is 25.8 Å². The van der Waals surface area contributed by atoms with Crippen molar-refractivity contribution in [2.75, 3.05) is 33.4 Å². The quantitative estimate of drug-likeness (QED) is 0.786. The normalized spacial score (nSPS) is 17.8. The highest BCUT2D eigenvalue weighted by Crippen LogP contribution is 2.21. The van der Waals surface area contributed by atoms with E-state index in [4.69, 9.17) is 10.5 Å². The Balaban J connectivity index is 2.26. The molecule has 1 aliphatic heterocycles. The molecule has 0 aromatic carbocycles. The fraction of sp³-hybridized carbons (Fsp3) is 0.929. The number of nitrogens with two attached hydrogens (primary N) is 1. The number of carbonyl (C=O) groups excluding carboxylic acids is 1. The summed E-state index contributed by atoms with van der Waals surface area (Å²) in [6.45, 7) is 7.23. The second-order valence-corrected chi connectivity index (χ2v) is 6.20. The number of rotatable bonds is 6. The molecule has 4 nitrogen and oxygen atoms in total. The van der Waals surface area contributed by atoms with Gasteiger partial charge in [-0.3, -0.25) is 4.79 Å². The van der Waals surface area contributed by atoms with Crippen molar-refractivity contribution in [1.29, 1.82) is 0 Å². The summed E-state index contributed by atoms with van der Waals surface area (Å²) in [6.07, 6.45) is 3.90. The average Bonchev–Trinajstić information content (AvgIpc) is 2.36. The molecule has 1 heterocycles. The standard InChI is InChI=1S/C14H28N2O2/c1-14(2,11-15)10-13(17)16(3)7-4-12-5-8-18-9-6-12/h12H,4-11,15H2,1-3H3. The zero-order valence-electron chi connectivity index (χ0n) is 12.1. The van der Waals surface area contributed by atoms with E-state index in [2.05, 4.69) is 0 Å². The van der Waals surface area contributed by atoms with Gasteiger partial charge in [-0.25, -0.2) is 0 Å². The second kappa shape index (κ2) is 7.10. The van der Waals surface area contributed by atoms with E-state index in [0.29, 0.717) is 13.0 Å². The van der Waals surface area contributed by atoms with Crippen LogP contribution in [0.3, 0.4) is 0 Å². The van der Waals surface area contributed by atoms with Crippen LogP contribution in [-0.4, -0.2) is 44.2 Å². The molecule has 0 radical (unpaired) electrons. The third-order valence-electron chi connectivity index (χ3n) is 3.82. The Hall–Kier alpha value is -0.610. The van der Waals surface area contributed by atoms with Gasteiger partial charge in [-0.05, 0) is 37.1 Å². The lowest BCUT2D eigenvalue weighted by atomic mass is 9.89. The van der Waals surface area contributed by atoms with Crippen LogP contribution in [0.4, 0.5) is 0 Å². The van der Waals surface area contributed by atoms with E-state index < -0.39 is 0 Å². The van der Waals surface area contributed by atoms with Gasteiger partial charge >= 0.3 is 0 Å². The van der Waals surface area contributed by atoms with Crippen LogP contribution in [0.1, 0.15) is 39.5 Å². The van der Waals surface area contributed by atoms with Gasteiger partial charge in [-0.1, -0.05) is 13.8 Å². The van der Waals surface area contributed by atoms with Crippen LogP contribution >= 0.6 is 0 Å². The van der Waals surface area contributed by atoms with Crippen molar-refractivity contribution in [3.63, 3.8) is 0 Å². The van der Waals surface area contributed by atoms with E-state index in [9.17, 15) is 4.79 Å². The number of hydrogen-bond donors (Lipinski definition) is 1. The molecular weight excluding hydrogens is 228 g/mol. The maximum Gasteiger partial charge on any atom is 0.222 e. The van der Waals surface area contributed by atoms with Gasteiger partial charge in [0.15, 0.2) is 0 Å². The molecule has 1 fully saturated rings. The molecule has 1 amide bonds. The third-order valence-corrected chi connectivity index (χ3v) is 3.82. The van der Waals surface area contributed by atoms with Crippen LogP contribution in [0.15, 0.2) is 0 Å². The molecule has 0 bridgehead atoms. The van der Waals surface area contributed by atoms with Gasteiger partial charge in [0.2, 0.25) is 5.91 Å². The monoisotopic (exact) mass is 256 g/mol. The van der Waals surface area contributed by atoms with Crippen molar-refractivity contribution in [2.45, 2.75) is 39.5 Å². The van der Waals surface area contributed by atoms with Gasteiger partial charge in [0.05, 0.1) is 0 Å². The number of carbonyl (C=O) groups is 1. The highest BCUT2D eigenvalue weighted by Gasteiger charge is 2.23. The number of hydrogen-bond acceptors (Lipinski definition) is 3. The topological polar surface area (TPSA) is 55.6 Å². The highest BCUT2D eigenvalue weighted by molar-refractivity contribution is 5.76. The van der Waals surface area contributed by atoms with Gasteiger partial charge in [0.25, 0.3) is 0 Å². The zero-order valence-corrected chi connectivity index (χ0v) is 12.1. The smallest absolute Gasteiger partial charge is 0.222 e. The van der Waals surface area contributed by atoms with Crippen molar-refractivity contribution in [2.24, 2.45) is 17.1 Å². The van der Waals surface area contributed by atoms with Gasteiger partial charge in [0, 0.05) is 33.2 Å². The molecule has 1 aliphatic rings. The Bertz CT molecular complexity index is 261. The van der Waals surface area contributed by atoms with Crippen molar-refractivity contribution >= 4 is 5.91 Å². The zero-order chi connectivity index (χ0) is 13.6. The molecule has 0 aromatic heterocycles. The summed E-state index contributed by atoms with van der Waals surface area (Å²) < 4.78 is 5.34. The van der Waals surface area contributed by atoms with Crippen molar-refractivity contribution < 1.29 is 9.53 Å².